The number of carbonyl (C=O) groups is 4. The minimum absolute atomic E-state index is 0.0493. The highest BCUT2D eigenvalue weighted by Gasteiger charge is 2.41. The predicted molar refractivity (Wildman–Crippen MR) is 84.3 cm³/mol. The van der Waals surface area contributed by atoms with Crippen molar-refractivity contribution in [3.05, 3.63) is 35.9 Å². The standard InChI is InChI=1S/C16H17F3N2O6/c1-27-14(25)11(7-9-5-3-2-4-6-9)20-13(24)10(8-12(22)23)21-15(26)16(17,18)19/h2-6,10-11H,7-8H2,1H3,(H,20,24)(H,21,26)(H,22,23)/t10?,11-/m0/s1. The summed E-state index contributed by atoms with van der Waals surface area (Å²) in [6, 6.07) is 5.02. The SMILES string of the molecule is COC(=O)[C@H](Cc1ccccc1)NC(=O)C(CC(=O)O)NC(=O)C(F)(F)F. The Hall–Kier alpha value is -3.11. The van der Waals surface area contributed by atoms with Gasteiger partial charge in [0.05, 0.1) is 13.5 Å². The zero-order chi connectivity index (χ0) is 20.6. The van der Waals surface area contributed by atoms with Gasteiger partial charge in [0.15, 0.2) is 0 Å². The number of hydrogen-bond donors (Lipinski definition) is 3. The fourth-order valence-electron chi connectivity index (χ4n) is 2.08. The van der Waals surface area contributed by atoms with Gasteiger partial charge in [-0.3, -0.25) is 14.4 Å². The number of rotatable bonds is 8. The van der Waals surface area contributed by atoms with Crippen LogP contribution >= 0.6 is 0 Å². The number of methoxy groups -OCH3 is 1. The van der Waals surface area contributed by atoms with Gasteiger partial charge in [-0.05, 0) is 5.56 Å². The fourth-order valence-corrected chi connectivity index (χ4v) is 2.08. The summed E-state index contributed by atoms with van der Waals surface area (Å²) < 4.78 is 41.7. The molecule has 11 heteroatoms. The molecule has 0 bridgehead atoms. The first kappa shape index (κ1) is 21.9. The zero-order valence-electron chi connectivity index (χ0n) is 14.1. The van der Waals surface area contributed by atoms with Crippen LogP contribution in [0.1, 0.15) is 12.0 Å². The molecule has 0 aromatic heterocycles. The monoisotopic (exact) mass is 390 g/mol. The normalized spacial score (nSPS) is 13.2. The van der Waals surface area contributed by atoms with Crippen molar-refractivity contribution in [1.82, 2.24) is 10.6 Å². The molecule has 2 amide bonds. The summed E-state index contributed by atoms with van der Waals surface area (Å²) in [6.07, 6.45) is -6.46. The van der Waals surface area contributed by atoms with Crippen LogP contribution in [-0.4, -0.2) is 54.2 Å². The van der Waals surface area contributed by atoms with E-state index in [1.807, 2.05) is 0 Å². The molecule has 1 aromatic carbocycles. The van der Waals surface area contributed by atoms with E-state index in [4.69, 9.17) is 5.11 Å². The number of carboxylic acid groups (broad SMARTS) is 1. The van der Waals surface area contributed by atoms with Crippen LogP contribution in [0.25, 0.3) is 0 Å². The predicted octanol–water partition coefficient (Wildman–Crippen LogP) is 0.409. The van der Waals surface area contributed by atoms with Gasteiger partial charge in [-0.25, -0.2) is 4.79 Å². The van der Waals surface area contributed by atoms with Crippen molar-refractivity contribution in [2.45, 2.75) is 31.1 Å². The molecule has 0 radical (unpaired) electrons. The number of benzene rings is 1. The number of nitrogens with one attached hydrogen (secondary N) is 2. The molecule has 3 N–H and O–H groups in total. The molecule has 8 nitrogen and oxygen atoms in total. The Morgan fingerprint density at radius 2 is 1.67 bits per heavy atom. The lowest BCUT2D eigenvalue weighted by Crippen LogP contribution is -2.55. The second kappa shape index (κ2) is 9.55. The summed E-state index contributed by atoms with van der Waals surface area (Å²) in [4.78, 5) is 45.9. The van der Waals surface area contributed by atoms with Crippen LogP contribution in [0.2, 0.25) is 0 Å². The Morgan fingerprint density at radius 1 is 1.07 bits per heavy atom. The number of hydrogen-bond acceptors (Lipinski definition) is 5. The summed E-state index contributed by atoms with van der Waals surface area (Å²) in [5.74, 6) is -6.23. The van der Waals surface area contributed by atoms with E-state index in [-0.39, 0.29) is 6.42 Å². The van der Waals surface area contributed by atoms with E-state index < -0.39 is 48.4 Å². The highest BCUT2D eigenvalue weighted by molar-refractivity contribution is 5.94. The second-order valence-corrected chi connectivity index (χ2v) is 5.40. The minimum Gasteiger partial charge on any atom is -0.481 e. The molecule has 1 aromatic rings. The molecule has 0 aliphatic carbocycles. The van der Waals surface area contributed by atoms with Crippen molar-refractivity contribution in [1.29, 1.82) is 0 Å². The number of alkyl halides is 3. The average Bonchev–Trinajstić information content (AvgIpc) is 2.59. The van der Waals surface area contributed by atoms with E-state index in [2.05, 4.69) is 10.1 Å². The van der Waals surface area contributed by atoms with E-state index in [0.29, 0.717) is 5.56 Å². The minimum atomic E-state index is -5.30. The molecule has 0 aliphatic heterocycles. The van der Waals surface area contributed by atoms with Crippen LogP contribution in [-0.2, 0) is 30.3 Å². The van der Waals surface area contributed by atoms with Crippen molar-refractivity contribution in [2.75, 3.05) is 7.11 Å². The first-order valence-corrected chi connectivity index (χ1v) is 7.56. The van der Waals surface area contributed by atoms with Gasteiger partial charge in [-0.15, -0.1) is 0 Å². The van der Waals surface area contributed by atoms with E-state index in [1.54, 1.807) is 30.3 Å². The first-order valence-electron chi connectivity index (χ1n) is 7.56. The van der Waals surface area contributed by atoms with E-state index in [0.717, 1.165) is 7.11 Å². The zero-order valence-corrected chi connectivity index (χ0v) is 14.1. The smallest absolute Gasteiger partial charge is 0.471 e. The topological polar surface area (TPSA) is 122 Å². The number of esters is 1. The van der Waals surface area contributed by atoms with Gasteiger partial charge in [0.2, 0.25) is 5.91 Å². The summed E-state index contributed by atoms with van der Waals surface area (Å²) in [7, 11) is 1.05. The van der Waals surface area contributed by atoms with Crippen LogP contribution < -0.4 is 10.6 Å². The lowest BCUT2D eigenvalue weighted by atomic mass is 10.0. The van der Waals surface area contributed by atoms with Crippen molar-refractivity contribution >= 4 is 23.8 Å². The van der Waals surface area contributed by atoms with Gasteiger partial charge in [-0.2, -0.15) is 13.2 Å². The largest absolute Gasteiger partial charge is 0.481 e. The summed E-state index contributed by atoms with van der Waals surface area (Å²) in [5.41, 5.74) is 0.613. The van der Waals surface area contributed by atoms with Crippen LogP contribution in [0.15, 0.2) is 30.3 Å². The van der Waals surface area contributed by atoms with Gasteiger partial charge in [0.1, 0.15) is 12.1 Å². The second-order valence-electron chi connectivity index (χ2n) is 5.40. The number of carbonyl (C=O) groups excluding carboxylic acids is 3. The van der Waals surface area contributed by atoms with Crippen LogP contribution in [0, 0.1) is 0 Å². The molecule has 0 fully saturated rings. The van der Waals surface area contributed by atoms with Gasteiger partial charge < -0.3 is 20.5 Å². The highest BCUT2D eigenvalue weighted by atomic mass is 19.4. The maximum atomic E-state index is 12.4. The van der Waals surface area contributed by atoms with Gasteiger partial charge in [0, 0.05) is 6.42 Å². The third kappa shape index (κ3) is 7.34. The third-order valence-corrected chi connectivity index (χ3v) is 3.34. The van der Waals surface area contributed by atoms with E-state index >= 15 is 0 Å². The van der Waals surface area contributed by atoms with Crippen molar-refractivity contribution in [3.8, 4) is 0 Å². The molecule has 1 unspecified atom stereocenters. The summed E-state index contributed by atoms with van der Waals surface area (Å²) in [6.45, 7) is 0. The fraction of sp³-hybridized carbons (Fsp3) is 0.375. The van der Waals surface area contributed by atoms with Crippen molar-refractivity contribution in [2.24, 2.45) is 0 Å². The Kier molecular flexibility index (Phi) is 7.76. The maximum absolute atomic E-state index is 12.4. The average molecular weight is 390 g/mol. The van der Waals surface area contributed by atoms with Crippen molar-refractivity contribution < 1.29 is 42.2 Å². The lowest BCUT2D eigenvalue weighted by Gasteiger charge is -2.21. The van der Waals surface area contributed by atoms with Crippen molar-refractivity contribution in [3.63, 3.8) is 0 Å². The molecular weight excluding hydrogens is 373 g/mol. The van der Waals surface area contributed by atoms with Gasteiger partial charge >= 0.3 is 24.0 Å². The molecule has 0 saturated heterocycles. The summed E-state index contributed by atoms with van der Waals surface area (Å²) in [5, 5.41) is 12.2. The van der Waals surface area contributed by atoms with Gasteiger partial charge in [-0.1, -0.05) is 30.3 Å². The Balaban J connectivity index is 2.94. The molecule has 2 atom stereocenters. The van der Waals surface area contributed by atoms with Crippen LogP contribution in [0.5, 0.6) is 0 Å². The molecule has 0 aliphatic rings. The third-order valence-electron chi connectivity index (χ3n) is 3.34. The molecule has 27 heavy (non-hydrogen) atoms. The van der Waals surface area contributed by atoms with Crippen LogP contribution in [0.4, 0.5) is 13.2 Å². The molecule has 0 heterocycles. The van der Waals surface area contributed by atoms with Gasteiger partial charge in [0.25, 0.3) is 0 Å². The molecule has 148 valence electrons. The Morgan fingerprint density at radius 3 is 2.15 bits per heavy atom. The van der Waals surface area contributed by atoms with Crippen LogP contribution in [0.3, 0.4) is 0 Å². The number of aliphatic carboxylic acids is 1. The lowest BCUT2D eigenvalue weighted by molar-refractivity contribution is -0.175. The highest BCUT2D eigenvalue weighted by Crippen LogP contribution is 2.15. The molecule has 0 saturated carbocycles. The number of amides is 2. The number of ether oxygens (including phenoxy) is 1. The molecule has 1 rings (SSSR count). The number of halogens is 3. The maximum Gasteiger partial charge on any atom is 0.471 e. The Labute approximate surface area is 151 Å². The molecular formula is C16H17F3N2O6. The van der Waals surface area contributed by atoms with E-state index in [9.17, 15) is 32.3 Å². The number of carboxylic acids is 1. The summed E-state index contributed by atoms with van der Waals surface area (Å²) >= 11 is 0. The quantitative estimate of drug-likeness (QED) is 0.553. The van der Waals surface area contributed by atoms with E-state index in [1.165, 1.54) is 5.32 Å². The first-order chi connectivity index (χ1) is 12.5. The Bertz CT molecular complexity index is 693. The molecule has 0 spiro atoms.